The van der Waals surface area contributed by atoms with E-state index < -0.39 is 0 Å². The van der Waals surface area contributed by atoms with Crippen LogP contribution >= 0.6 is 22.7 Å². The van der Waals surface area contributed by atoms with Crippen molar-refractivity contribution in [2.45, 2.75) is 19.8 Å². The van der Waals surface area contributed by atoms with E-state index in [4.69, 9.17) is 0 Å². The lowest BCUT2D eigenvalue weighted by atomic mass is 10.0. The summed E-state index contributed by atoms with van der Waals surface area (Å²) in [6.07, 6.45) is 1.98. The summed E-state index contributed by atoms with van der Waals surface area (Å²) in [5, 5.41) is 4.95. The molecule has 4 rings (SSSR count). The minimum absolute atomic E-state index is 0.0886. The molecule has 1 aromatic carbocycles. The average molecular weight is 341 g/mol. The molecular weight excluding hydrogens is 326 g/mol. The van der Waals surface area contributed by atoms with Gasteiger partial charge in [0.1, 0.15) is 4.83 Å². The molecule has 0 bridgehead atoms. The molecule has 3 heterocycles. The normalized spacial score (nSPS) is 11.6. The third kappa shape index (κ3) is 2.54. The number of carbonyl (C=O) groups is 1. The van der Waals surface area contributed by atoms with Gasteiger partial charge in [0.05, 0.1) is 10.4 Å². The second-order valence-electron chi connectivity index (χ2n) is 5.70. The number of thiazole rings is 1. The van der Waals surface area contributed by atoms with Gasteiger partial charge in [0.25, 0.3) is 5.91 Å². The third-order valence-corrected chi connectivity index (χ3v) is 5.57. The predicted octanol–water partition coefficient (Wildman–Crippen LogP) is 4.99. The van der Waals surface area contributed by atoms with Crippen LogP contribution in [0.25, 0.3) is 15.3 Å². The quantitative estimate of drug-likeness (QED) is 0.571. The lowest BCUT2D eigenvalue weighted by molar-refractivity contribution is 0.103. The van der Waals surface area contributed by atoms with Crippen molar-refractivity contribution < 1.29 is 4.79 Å². The van der Waals surface area contributed by atoms with E-state index in [1.807, 2.05) is 34.2 Å². The molecule has 0 fully saturated rings. The molecule has 116 valence electrons. The van der Waals surface area contributed by atoms with Crippen molar-refractivity contribution in [2.75, 3.05) is 5.32 Å². The molecule has 23 heavy (non-hydrogen) atoms. The number of carbonyl (C=O) groups excluding carboxylic acids is 1. The Kier molecular flexibility index (Phi) is 3.43. The van der Waals surface area contributed by atoms with Crippen LogP contribution in [-0.2, 0) is 0 Å². The maximum Gasteiger partial charge on any atom is 0.265 e. The number of aromatic nitrogens is 2. The largest absolute Gasteiger partial charge is 0.321 e. The first-order valence-corrected chi connectivity index (χ1v) is 9.08. The molecule has 4 nitrogen and oxygen atoms in total. The Hall–Kier alpha value is -2.18. The Morgan fingerprint density at radius 1 is 1.26 bits per heavy atom. The van der Waals surface area contributed by atoms with Crippen LogP contribution in [0, 0.1) is 0 Å². The summed E-state index contributed by atoms with van der Waals surface area (Å²) in [4.78, 5) is 19.5. The second kappa shape index (κ2) is 5.47. The van der Waals surface area contributed by atoms with Gasteiger partial charge in [-0.3, -0.25) is 9.20 Å². The Bertz CT molecular complexity index is 992. The van der Waals surface area contributed by atoms with Crippen molar-refractivity contribution in [3.8, 4) is 0 Å². The molecule has 0 spiro atoms. The maximum atomic E-state index is 12.4. The van der Waals surface area contributed by atoms with Crippen LogP contribution < -0.4 is 5.32 Å². The zero-order valence-electron chi connectivity index (χ0n) is 12.7. The molecule has 0 atom stereocenters. The molecule has 1 N–H and O–H groups in total. The van der Waals surface area contributed by atoms with Crippen molar-refractivity contribution in [3.05, 3.63) is 52.3 Å². The Balaban J connectivity index is 1.59. The van der Waals surface area contributed by atoms with E-state index in [0.29, 0.717) is 10.8 Å². The third-order valence-electron chi connectivity index (χ3n) is 3.80. The van der Waals surface area contributed by atoms with E-state index in [1.165, 1.54) is 16.9 Å². The van der Waals surface area contributed by atoms with Crippen molar-refractivity contribution in [1.29, 1.82) is 0 Å². The Morgan fingerprint density at radius 2 is 2.04 bits per heavy atom. The summed E-state index contributed by atoms with van der Waals surface area (Å²) in [6.45, 7) is 4.31. The van der Waals surface area contributed by atoms with Crippen LogP contribution in [0.15, 0.2) is 41.9 Å². The van der Waals surface area contributed by atoms with Gasteiger partial charge in [-0.05, 0) is 29.7 Å². The summed E-state index contributed by atoms with van der Waals surface area (Å²) in [5.41, 5.74) is 3.07. The topological polar surface area (TPSA) is 46.4 Å². The highest BCUT2D eigenvalue weighted by Crippen LogP contribution is 2.28. The first-order chi connectivity index (χ1) is 11.1. The zero-order valence-corrected chi connectivity index (χ0v) is 14.4. The number of thiophene rings is 1. The summed E-state index contributed by atoms with van der Waals surface area (Å²) in [6, 6.07) is 9.91. The van der Waals surface area contributed by atoms with Crippen molar-refractivity contribution in [3.63, 3.8) is 0 Å². The van der Waals surface area contributed by atoms with Gasteiger partial charge in [0.15, 0.2) is 4.96 Å². The number of nitrogens with zero attached hydrogens (tertiary/aromatic N) is 2. The summed E-state index contributed by atoms with van der Waals surface area (Å²) in [7, 11) is 0. The van der Waals surface area contributed by atoms with Gasteiger partial charge in [-0.15, -0.1) is 22.7 Å². The van der Waals surface area contributed by atoms with Crippen LogP contribution in [0.5, 0.6) is 0 Å². The highest BCUT2D eigenvalue weighted by Gasteiger charge is 2.15. The van der Waals surface area contributed by atoms with E-state index in [9.17, 15) is 4.79 Å². The standard InChI is InChI=1S/C17H15N3OS2/c1-10(2)11-3-5-12(6-4-11)18-15(21)14-9-13-16(23-14)19-17-20(13)7-8-22-17/h3-10H,1-2H3,(H,18,21). The van der Waals surface area contributed by atoms with Gasteiger partial charge in [-0.2, -0.15) is 0 Å². The molecule has 4 aromatic rings. The fourth-order valence-electron chi connectivity index (χ4n) is 2.50. The lowest BCUT2D eigenvalue weighted by Crippen LogP contribution is -2.10. The molecule has 0 saturated heterocycles. The van der Waals surface area contributed by atoms with Crippen molar-refractivity contribution in [1.82, 2.24) is 9.38 Å². The number of fused-ring (bicyclic) bond motifs is 3. The minimum Gasteiger partial charge on any atom is -0.321 e. The second-order valence-corrected chi connectivity index (χ2v) is 7.60. The molecule has 0 radical (unpaired) electrons. The predicted molar refractivity (Wildman–Crippen MR) is 96.9 cm³/mol. The van der Waals surface area contributed by atoms with Gasteiger partial charge in [0.2, 0.25) is 0 Å². The van der Waals surface area contributed by atoms with Crippen LogP contribution in [0.1, 0.15) is 35.0 Å². The molecule has 0 unspecified atom stereocenters. The van der Waals surface area contributed by atoms with Crippen LogP contribution in [-0.4, -0.2) is 15.3 Å². The zero-order chi connectivity index (χ0) is 16.0. The van der Waals surface area contributed by atoms with Crippen LogP contribution in [0.3, 0.4) is 0 Å². The number of nitrogens with one attached hydrogen (secondary N) is 1. The first kappa shape index (κ1) is 14.4. The fourth-order valence-corrected chi connectivity index (χ4v) is 4.20. The average Bonchev–Trinajstić information content (AvgIpc) is 3.19. The molecule has 3 aromatic heterocycles. The fraction of sp³-hybridized carbons (Fsp3) is 0.176. The van der Waals surface area contributed by atoms with Crippen LogP contribution in [0.4, 0.5) is 5.69 Å². The van der Waals surface area contributed by atoms with E-state index >= 15 is 0 Å². The van der Waals surface area contributed by atoms with Gasteiger partial charge in [-0.1, -0.05) is 26.0 Å². The molecule has 1 amide bonds. The Labute approximate surface area is 141 Å². The SMILES string of the molecule is CC(C)c1ccc(NC(=O)c2cc3c(nc4sccn43)s2)cc1. The number of benzene rings is 1. The number of rotatable bonds is 3. The van der Waals surface area contributed by atoms with Gasteiger partial charge >= 0.3 is 0 Å². The van der Waals surface area contributed by atoms with Gasteiger partial charge < -0.3 is 5.32 Å². The number of hydrogen-bond acceptors (Lipinski definition) is 4. The monoisotopic (exact) mass is 341 g/mol. The molecule has 0 aliphatic carbocycles. The molecule has 6 heteroatoms. The highest BCUT2D eigenvalue weighted by atomic mass is 32.1. The van der Waals surface area contributed by atoms with Crippen molar-refractivity contribution in [2.24, 2.45) is 0 Å². The molecular formula is C17H15N3OS2. The van der Waals surface area contributed by atoms with Crippen molar-refractivity contribution >= 4 is 49.6 Å². The maximum absolute atomic E-state index is 12.4. The number of amides is 1. The number of anilines is 1. The van der Waals surface area contributed by atoms with E-state index in [-0.39, 0.29) is 5.91 Å². The van der Waals surface area contributed by atoms with E-state index in [2.05, 4.69) is 36.3 Å². The highest BCUT2D eigenvalue weighted by molar-refractivity contribution is 7.21. The number of imidazole rings is 1. The molecule has 0 saturated carbocycles. The lowest BCUT2D eigenvalue weighted by Gasteiger charge is -2.07. The van der Waals surface area contributed by atoms with E-state index in [1.54, 1.807) is 11.3 Å². The Morgan fingerprint density at radius 3 is 2.78 bits per heavy atom. The smallest absolute Gasteiger partial charge is 0.265 e. The minimum atomic E-state index is -0.0886. The molecule has 0 aliphatic heterocycles. The number of hydrogen-bond donors (Lipinski definition) is 1. The summed E-state index contributed by atoms with van der Waals surface area (Å²) < 4.78 is 2.02. The van der Waals surface area contributed by atoms with Gasteiger partial charge in [0, 0.05) is 17.3 Å². The first-order valence-electron chi connectivity index (χ1n) is 7.38. The van der Waals surface area contributed by atoms with E-state index in [0.717, 1.165) is 21.0 Å². The summed E-state index contributed by atoms with van der Waals surface area (Å²) >= 11 is 3.02. The van der Waals surface area contributed by atoms with Crippen LogP contribution in [0.2, 0.25) is 0 Å². The summed E-state index contributed by atoms with van der Waals surface area (Å²) in [5.74, 6) is 0.396. The molecule has 0 aliphatic rings. The van der Waals surface area contributed by atoms with Gasteiger partial charge in [-0.25, -0.2) is 4.98 Å².